The highest BCUT2D eigenvalue weighted by molar-refractivity contribution is 7.99. The second-order valence-electron chi connectivity index (χ2n) is 4.87. The minimum atomic E-state index is 0.251. The highest BCUT2D eigenvalue weighted by Gasteiger charge is 2.16. The first-order valence-electron chi connectivity index (χ1n) is 5.23. The molecule has 1 unspecified atom stereocenters. The van der Waals surface area contributed by atoms with Gasteiger partial charge in [-0.25, -0.2) is 0 Å². The van der Waals surface area contributed by atoms with Crippen molar-refractivity contribution < 1.29 is 0 Å². The van der Waals surface area contributed by atoms with Crippen LogP contribution >= 0.6 is 11.8 Å². The van der Waals surface area contributed by atoms with Gasteiger partial charge in [-0.15, -0.1) is 0 Å². The van der Waals surface area contributed by atoms with Crippen molar-refractivity contribution >= 4 is 11.8 Å². The Morgan fingerprint density at radius 3 is 2.08 bits per heavy atom. The SMILES string of the molecule is CCSC(CNC(C)(C)C)C(C)C. The van der Waals surface area contributed by atoms with E-state index in [0.717, 1.165) is 17.7 Å². The van der Waals surface area contributed by atoms with Crippen LogP contribution in [0.1, 0.15) is 41.5 Å². The maximum atomic E-state index is 3.57. The van der Waals surface area contributed by atoms with Crippen molar-refractivity contribution in [2.45, 2.75) is 52.3 Å². The summed E-state index contributed by atoms with van der Waals surface area (Å²) >= 11 is 2.06. The molecule has 0 fully saturated rings. The number of thioether (sulfide) groups is 1. The monoisotopic (exact) mass is 203 g/mol. The summed E-state index contributed by atoms with van der Waals surface area (Å²) in [5.74, 6) is 1.98. The minimum Gasteiger partial charge on any atom is -0.311 e. The van der Waals surface area contributed by atoms with Crippen molar-refractivity contribution in [3.63, 3.8) is 0 Å². The maximum absolute atomic E-state index is 3.57. The van der Waals surface area contributed by atoms with Crippen molar-refractivity contribution in [3.8, 4) is 0 Å². The quantitative estimate of drug-likeness (QED) is 0.736. The summed E-state index contributed by atoms with van der Waals surface area (Å²) in [4.78, 5) is 0. The lowest BCUT2D eigenvalue weighted by atomic mass is 10.1. The smallest absolute Gasteiger partial charge is 0.0195 e. The third-order valence-corrected chi connectivity index (χ3v) is 3.43. The standard InChI is InChI=1S/C11H25NS/c1-7-13-10(9(2)3)8-12-11(4,5)6/h9-10,12H,7-8H2,1-6H3. The molecule has 0 aromatic carbocycles. The topological polar surface area (TPSA) is 12.0 Å². The number of nitrogens with one attached hydrogen (secondary N) is 1. The average Bonchev–Trinajstić information content (AvgIpc) is 1.95. The second kappa shape index (κ2) is 5.92. The van der Waals surface area contributed by atoms with Crippen LogP contribution in [-0.4, -0.2) is 23.1 Å². The lowest BCUT2D eigenvalue weighted by molar-refractivity contribution is 0.408. The predicted molar refractivity (Wildman–Crippen MR) is 64.5 cm³/mol. The fourth-order valence-corrected chi connectivity index (χ4v) is 2.12. The normalized spacial score (nSPS) is 15.0. The van der Waals surface area contributed by atoms with Gasteiger partial charge in [-0.2, -0.15) is 11.8 Å². The highest BCUT2D eigenvalue weighted by Crippen LogP contribution is 2.19. The first-order chi connectivity index (χ1) is 5.87. The van der Waals surface area contributed by atoms with Gasteiger partial charge in [0.25, 0.3) is 0 Å². The fraction of sp³-hybridized carbons (Fsp3) is 1.00. The van der Waals surface area contributed by atoms with Crippen LogP contribution in [0.25, 0.3) is 0 Å². The van der Waals surface area contributed by atoms with E-state index in [9.17, 15) is 0 Å². The molecule has 0 saturated carbocycles. The summed E-state index contributed by atoms with van der Waals surface area (Å²) < 4.78 is 0. The van der Waals surface area contributed by atoms with Crippen LogP contribution in [0, 0.1) is 5.92 Å². The van der Waals surface area contributed by atoms with Gasteiger partial charge >= 0.3 is 0 Å². The van der Waals surface area contributed by atoms with Crippen LogP contribution in [0.15, 0.2) is 0 Å². The zero-order chi connectivity index (χ0) is 10.5. The third kappa shape index (κ3) is 7.39. The number of rotatable bonds is 5. The van der Waals surface area contributed by atoms with Gasteiger partial charge < -0.3 is 5.32 Å². The van der Waals surface area contributed by atoms with Gasteiger partial charge in [0.15, 0.2) is 0 Å². The molecule has 1 N–H and O–H groups in total. The van der Waals surface area contributed by atoms with Crippen LogP contribution in [0.2, 0.25) is 0 Å². The van der Waals surface area contributed by atoms with E-state index in [1.54, 1.807) is 0 Å². The van der Waals surface area contributed by atoms with Crippen LogP contribution in [-0.2, 0) is 0 Å². The second-order valence-corrected chi connectivity index (χ2v) is 6.38. The largest absolute Gasteiger partial charge is 0.311 e. The summed E-state index contributed by atoms with van der Waals surface area (Å²) in [5.41, 5.74) is 0.251. The van der Waals surface area contributed by atoms with Crippen LogP contribution < -0.4 is 5.32 Å². The van der Waals surface area contributed by atoms with Crippen LogP contribution in [0.3, 0.4) is 0 Å². The number of hydrogen-bond acceptors (Lipinski definition) is 2. The summed E-state index contributed by atoms with van der Waals surface area (Å²) in [7, 11) is 0. The molecule has 0 bridgehead atoms. The van der Waals surface area contributed by atoms with E-state index < -0.39 is 0 Å². The Hall–Kier alpha value is 0.310. The zero-order valence-corrected chi connectivity index (χ0v) is 10.8. The highest BCUT2D eigenvalue weighted by atomic mass is 32.2. The summed E-state index contributed by atoms with van der Waals surface area (Å²) in [6.45, 7) is 14.6. The van der Waals surface area contributed by atoms with E-state index in [4.69, 9.17) is 0 Å². The van der Waals surface area contributed by atoms with Gasteiger partial charge in [-0.05, 0) is 32.4 Å². The van der Waals surface area contributed by atoms with Crippen LogP contribution in [0.4, 0.5) is 0 Å². The Balaban J connectivity index is 3.82. The van der Waals surface area contributed by atoms with Crippen molar-refractivity contribution in [1.82, 2.24) is 5.32 Å². The van der Waals surface area contributed by atoms with Crippen molar-refractivity contribution in [2.24, 2.45) is 5.92 Å². The number of hydrogen-bond donors (Lipinski definition) is 1. The Bertz CT molecular complexity index is 127. The van der Waals surface area contributed by atoms with E-state index >= 15 is 0 Å². The van der Waals surface area contributed by atoms with Gasteiger partial charge in [0, 0.05) is 17.3 Å². The Morgan fingerprint density at radius 2 is 1.77 bits per heavy atom. The maximum Gasteiger partial charge on any atom is 0.0195 e. The molecule has 1 nitrogen and oxygen atoms in total. The van der Waals surface area contributed by atoms with Crippen molar-refractivity contribution in [2.75, 3.05) is 12.3 Å². The molecule has 1 atom stereocenters. The van der Waals surface area contributed by atoms with E-state index in [1.165, 1.54) is 5.75 Å². The minimum absolute atomic E-state index is 0.251. The lowest BCUT2D eigenvalue weighted by Gasteiger charge is -2.26. The van der Waals surface area contributed by atoms with E-state index in [0.29, 0.717) is 0 Å². The molecule has 80 valence electrons. The summed E-state index contributed by atoms with van der Waals surface area (Å²) in [6.07, 6.45) is 0. The molecular formula is C11H25NS. The fourth-order valence-electron chi connectivity index (χ4n) is 1.11. The first kappa shape index (κ1) is 13.3. The molecule has 0 aliphatic carbocycles. The molecule has 0 radical (unpaired) electrons. The molecule has 0 saturated heterocycles. The van der Waals surface area contributed by atoms with E-state index in [-0.39, 0.29) is 5.54 Å². The average molecular weight is 203 g/mol. The molecule has 0 aliphatic rings. The molecular weight excluding hydrogens is 178 g/mol. The molecule has 0 aromatic heterocycles. The zero-order valence-electron chi connectivity index (χ0n) is 9.98. The summed E-state index contributed by atoms with van der Waals surface area (Å²) in [5, 5.41) is 4.32. The molecule has 0 spiro atoms. The van der Waals surface area contributed by atoms with Crippen molar-refractivity contribution in [3.05, 3.63) is 0 Å². The molecule has 13 heavy (non-hydrogen) atoms. The first-order valence-corrected chi connectivity index (χ1v) is 6.28. The Kier molecular flexibility index (Phi) is 6.06. The Morgan fingerprint density at radius 1 is 1.23 bits per heavy atom. The molecule has 2 heteroatoms. The Labute approximate surface area is 88.1 Å². The molecule has 0 amide bonds. The molecule has 0 aromatic rings. The predicted octanol–water partition coefficient (Wildman–Crippen LogP) is 3.15. The van der Waals surface area contributed by atoms with E-state index in [1.807, 2.05) is 0 Å². The van der Waals surface area contributed by atoms with Gasteiger partial charge in [0.2, 0.25) is 0 Å². The lowest BCUT2D eigenvalue weighted by Crippen LogP contribution is -2.41. The van der Waals surface area contributed by atoms with Crippen LogP contribution in [0.5, 0.6) is 0 Å². The van der Waals surface area contributed by atoms with Gasteiger partial charge in [0.1, 0.15) is 0 Å². The third-order valence-electron chi connectivity index (χ3n) is 1.96. The molecule has 0 aliphatic heterocycles. The van der Waals surface area contributed by atoms with Gasteiger partial charge in [-0.1, -0.05) is 20.8 Å². The van der Waals surface area contributed by atoms with Gasteiger partial charge in [-0.3, -0.25) is 0 Å². The van der Waals surface area contributed by atoms with E-state index in [2.05, 4.69) is 58.6 Å². The van der Waals surface area contributed by atoms with Gasteiger partial charge in [0.05, 0.1) is 0 Å². The summed E-state index contributed by atoms with van der Waals surface area (Å²) in [6, 6.07) is 0. The van der Waals surface area contributed by atoms with Crippen molar-refractivity contribution in [1.29, 1.82) is 0 Å². The molecule has 0 rings (SSSR count). The molecule has 0 heterocycles.